The minimum absolute atomic E-state index is 0.00785. The highest BCUT2D eigenvalue weighted by Gasteiger charge is 2.01. The summed E-state index contributed by atoms with van der Waals surface area (Å²) in [6.45, 7) is 1.16. The molecule has 2 N–H and O–H groups in total. The van der Waals surface area contributed by atoms with Crippen molar-refractivity contribution in [2.45, 2.75) is 6.42 Å². The van der Waals surface area contributed by atoms with Gasteiger partial charge in [-0.05, 0) is 47.5 Å². The second-order valence-electron chi connectivity index (χ2n) is 3.97. The molecule has 0 bridgehead atoms. The lowest BCUT2D eigenvalue weighted by Gasteiger charge is -2.06. The second kappa shape index (κ2) is 6.93. The number of rotatable bonds is 6. The molecule has 1 heterocycles. The van der Waals surface area contributed by atoms with Gasteiger partial charge in [-0.3, -0.25) is 4.79 Å². The molecule has 1 aromatic heterocycles. The number of nitrogens with one attached hydrogen (secondary N) is 2. The summed E-state index contributed by atoms with van der Waals surface area (Å²) in [5.41, 5.74) is 2.15. The van der Waals surface area contributed by atoms with Crippen LogP contribution in [0.4, 0.5) is 5.69 Å². The fourth-order valence-corrected chi connectivity index (χ4v) is 2.30. The zero-order valence-electron chi connectivity index (χ0n) is 10.1. The van der Waals surface area contributed by atoms with E-state index in [4.69, 9.17) is 0 Å². The van der Waals surface area contributed by atoms with Crippen molar-refractivity contribution in [2.75, 3.05) is 18.4 Å². The molecule has 0 aliphatic rings. The Kier molecular flexibility index (Phi) is 4.93. The number of carbonyl (C=O) groups excluding carboxylic acids is 1. The minimum atomic E-state index is -0.00785. The van der Waals surface area contributed by atoms with Crippen molar-refractivity contribution in [3.8, 4) is 0 Å². The topological polar surface area (TPSA) is 41.1 Å². The van der Waals surface area contributed by atoms with Crippen LogP contribution in [0.15, 0.2) is 47.2 Å². The van der Waals surface area contributed by atoms with Gasteiger partial charge in [-0.1, -0.05) is 18.2 Å². The molecular weight excluding hydrogens is 244 g/mol. The number of benzene rings is 1. The van der Waals surface area contributed by atoms with Gasteiger partial charge in [0.25, 0.3) is 0 Å². The number of hydrogen-bond donors (Lipinski definition) is 2. The van der Waals surface area contributed by atoms with E-state index in [9.17, 15) is 4.79 Å². The molecule has 0 unspecified atom stereocenters. The van der Waals surface area contributed by atoms with Crippen molar-refractivity contribution >= 4 is 22.9 Å². The summed E-state index contributed by atoms with van der Waals surface area (Å²) in [6, 6.07) is 11.6. The summed E-state index contributed by atoms with van der Waals surface area (Å²) in [4.78, 5) is 11.6. The number of amides is 1. The molecule has 1 amide bonds. The van der Waals surface area contributed by atoms with Gasteiger partial charge in [0.1, 0.15) is 0 Å². The molecule has 4 heteroatoms. The molecule has 2 rings (SSSR count). The largest absolute Gasteiger partial charge is 0.325 e. The van der Waals surface area contributed by atoms with Crippen LogP contribution in [0.3, 0.4) is 0 Å². The molecule has 2 aromatic rings. The average molecular weight is 260 g/mol. The van der Waals surface area contributed by atoms with Gasteiger partial charge in [-0.25, -0.2) is 0 Å². The third kappa shape index (κ3) is 4.31. The van der Waals surface area contributed by atoms with Crippen LogP contribution in [0.5, 0.6) is 0 Å². The van der Waals surface area contributed by atoms with E-state index in [0.29, 0.717) is 6.54 Å². The molecule has 0 fully saturated rings. The van der Waals surface area contributed by atoms with Gasteiger partial charge in [0.2, 0.25) is 5.91 Å². The average Bonchev–Trinajstić information content (AvgIpc) is 2.89. The summed E-state index contributed by atoms with van der Waals surface area (Å²) in [7, 11) is 0. The van der Waals surface area contributed by atoms with Crippen LogP contribution in [0, 0.1) is 0 Å². The Bertz CT molecular complexity index is 468. The van der Waals surface area contributed by atoms with Gasteiger partial charge >= 0.3 is 0 Å². The Hall–Kier alpha value is -1.65. The fraction of sp³-hybridized carbons (Fsp3) is 0.214. The number of hydrogen-bond acceptors (Lipinski definition) is 3. The zero-order chi connectivity index (χ0) is 12.6. The lowest BCUT2D eigenvalue weighted by Crippen LogP contribution is -2.29. The Morgan fingerprint density at radius 2 is 2.00 bits per heavy atom. The molecule has 0 saturated heterocycles. The van der Waals surface area contributed by atoms with Gasteiger partial charge < -0.3 is 10.6 Å². The molecule has 18 heavy (non-hydrogen) atoms. The lowest BCUT2D eigenvalue weighted by molar-refractivity contribution is -0.115. The van der Waals surface area contributed by atoms with E-state index in [-0.39, 0.29) is 5.91 Å². The zero-order valence-corrected chi connectivity index (χ0v) is 10.9. The molecule has 0 atom stereocenters. The maximum Gasteiger partial charge on any atom is 0.238 e. The molecule has 0 spiro atoms. The van der Waals surface area contributed by atoms with Crippen LogP contribution < -0.4 is 10.6 Å². The first kappa shape index (κ1) is 12.8. The van der Waals surface area contributed by atoms with Gasteiger partial charge in [-0.2, -0.15) is 11.3 Å². The lowest BCUT2D eigenvalue weighted by atomic mass is 10.2. The molecule has 0 radical (unpaired) electrons. The number of carbonyl (C=O) groups is 1. The van der Waals surface area contributed by atoms with Crippen LogP contribution >= 0.6 is 11.3 Å². The fourth-order valence-electron chi connectivity index (χ4n) is 1.60. The van der Waals surface area contributed by atoms with Gasteiger partial charge in [0.15, 0.2) is 0 Å². The highest BCUT2D eigenvalue weighted by molar-refractivity contribution is 7.07. The third-order valence-corrected chi connectivity index (χ3v) is 3.25. The summed E-state index contributed by atoms with van der Waals surface area (Å²) >= 11 is 1.70. The summed E-state index contributed by atoms with van der Waals surface area (Å²) in [5.74, 6) is -0.00785. The first-order valence-corrected chi connectivity index (χ1v) is 6.85. The van der Waals surface area contributed by atoms with Crippen LogP contribution in [-0.4, -0.2) is 19.0 Å². The molecule has 1 aromatic carbocycles. The Balaban J connectivity index is 1.63. The van der Waals surface area contributed by atoms with E-state index in [2.05, 4.69) is 27.5 Å². The first-order valence-electron chi connectivity index (χ1n) is 5.91. The van der Waals surface area contributed by atoms with E-state index in [1.807, 2.05) is 30.3 Å². The molecule has 0 aliphatic carbocycles. The maximum atomic E-state index is 11.6. The van der Waals surface area contributed by atoms with Gasteiger partial charge in [0.05, 0.1) is 6.54 Å². The van der Waals surface area contributed by atoms with Crippen LogP contribution in [0.2, 0.25) is 0 Å². The number of anilines is 1. The van der Waals surface area contributed by atoms with E-state index < -0.39 is 0 Å². The van der Waals surface area contributed by atoms with E-state index in [0.717, 1.165) is 18.7 Å². The predicted molar refractivity (Wildman–Crippen MR) is 76.0 cm³/mol. The molecule has 0 saturated carbocycles. The monoisotopic (exact) mass is 260 g/mol. The molecule has 0 aliphatic heterocycles. The highest BCUT2D eigenvalue weighted by Crippen LogP contribution is 2.06. The predicted octanol–water partition coefficient (Wildman–Crippen LogP) is 2.52. The van der Waals surface area contributed by atoms with Crippen molar-refractivity contribution in [3.05, 3.63) is 52.7 Å². The van der Waals surface area contributed by atoms with E-state index >= 15 is 0 Å². The Morgan fingerprint density at radius 3 is 2.72 bits per heavy atom. The quantitative estimate of drug-likeness (QED) is 0.784. The maximum absolute atomic E-state index is 11.6. The smallest absolute Gasteiger partial charge is 0.238 e. The third-order valence-electron chi connectivity index (χ3n) is 2.51. The normalized spacial score (nSPS) is 10.2. The SMILES string of the molecule is O=C(CNCCc1ccsc1)Nc1ccccc1. The Labute approximate surface area is 111 Å². The van der Waals surface area contributed by atoms with E-state index in [1.165, 1.54) is 5.56 Å². The molecule has 3 nitrogen and oxygen atoms in total. The highest BCUT2D eigenvalue weighted by atomic mass is 32.1. The van der Waals surface area contributed by atoms with E-state index in [1.54, 1.807) is 11.3 Å². The molecular formula is C14H16N2OS. The van der Waals surface area contributed by atoms with Crippen LogP contribution in [-0.2, 0) is 11.2 Å². The summed E-state index contributed by atoms with van der Waals surface area (Å²) < 4.78 is 0. The number of para-hydroxylation sites is 1. The van der Waals surface area contributed by atoms with Crippen molar-refractivity contribution in [1.29, 1.82) is 0 Å². The minimum Gasteiger partial charge on any atom is -0.325 e. The van der Waals surface area contributed by atoms with Crippen molar-refractivity contribution in [1.82, 2.24) is 5.32 Å². The van der Waals surface area contributed by atoms with Crippen molar-refractivity contribution in [2.24, 2.45) is 0 Å². The summed E-state index contributed by atoms with van der Waals surface area (Å²) in [5, 5.41) is 10.2. The standard InChI is InChI=1S/C14H16N2OS/c17-14(16-13-4-2-1-3-5-13)10-15-8-6-12-7-9-18-11-12/h1-5,7,9,11,15H,6,8,10H2,(H,16,17). The van der Waals surface area contributed by atoms with Crippen LogP contribution in [0.25, 0.3) is 0 Å². The van der Waals surface area contributed by atoms with Crippen molar-refractivity contribution < 1.29 is 4.79 Å². The van der Waals surface area contributed by atoms with Crippen molar-refractivity contribution in [3.63, 3.8) is 0 Å². The van der Waals surface area contributed by atoms with Crippen LogP contribution in [0.1, 0.15) is 5.56 Å². The second-order valence-corrected chi connectivity index (χ2v) is 4.75. The number of thiophene rings is 1. The Morgan fingerprint density at radius 1 is 1.17 bits per heavy atom. The van der Waals surface area contributed by atoms with Gasteiger partial charge in [0, 0.05) is 5.69 Å². The molecule has 94 valence electrons. The summed E-state index contributed by atoms with van der Waals surface area (Å²) in [6.07, 6.45) is 0.960. The van der Waals surface area contributed by atoms with Gasteiger partial charge in [-0.15, -0.1) is 0 Å². The first-order chi connectivity index (χ1) is 8.84.